The molecule has 6 heteroatoms. The van der Waals surface area contributed by atoms with Crippen molar-refractivity contribution in [2.45, 2.75) is 20.4 Å². The van der Waals surface area contributed by atoms with E-state index in [1.54, 1.807) is 0 Å². The van der Waals surface area contributed by atoms with Crippen molar-refractivity contribution in [1.82, 2.24) is 10.5 Å². The smallest absolute Gasteiger partial charge is 0.183 e. The predicted octanol–water partition coefficient (Wildman–Crippen LogP) is 1.58. The lowest BCUT2D eigenvalue weighted by Crippen LogP contribution is -2.13. The molecule has 0 radical (unpaired) electrons. The molecule has 0 aromatic carbocycles. The Labute approximate surface area is 92.5 Å². The van der Waals surface area contributed by atoms with Gasteiger partial charge < -0.3 is 4.52 Å². The first-order chi connectivity index (χ1) is 7.19. The number of rotatable bonds is 2. The number of amidine groups is 1. The van der Waals surface area contributed by atoms with E-state index < -0.39 is 0 Å². The average molecular weight is 224 g/mol. The molecule has 1 aromatic rings. The molecule has 1 rings (SSSR count). The number of hydrogen-bond acceptors (Lipinski definition) is 5. The highest BCUT2D eigenvalue weighted by Crippen LogP contribution is 2.13. The summed E-state index contributed by atoms with van der Waals surface area (Å²) in [5, 5.41) is 15.4. The van der Waals surface area contributed by atoms with Gasteiger partial charge in [0, 0.05) is 5.56 Å². The molecule has 15 heavy (non-hydrogen) atoms. The molecule has 0 aliphatic heterocycles. The molecule has 0 spiro atoms. The highest BCUT2D eigenvalue weighted by molar-refractivity contribution is 8.13. The highest BCUT2D eigenvalue weighted by Gasteiger charge is 2.08. The van der Waals surface area contributed by atoms with Gasteiger partial charge in [-0.15, -0.1) is 0 Å². The molecule has 0 saturated carbocycles. The summed E-state index contributed by atoms with van der Waals surface area (Å²) in [5.41, 5.74) is 1.81. The van der Waals surface area contributed by atoms with E-state index in [1.807, 2.05) is 26.3 Å². The third-order valence-corrected chi connectivity index (χ3v) is 2.54. The molecule has 0 unspecified atom stereocenters. The second-order valence-electron chi connectivity index (χ2n) is 2.87. The maximum absolute atomic E-state index is 8.45. The van der Waals surface area contributed by atoms with Gasteiger partial charge in [-0.2, -0.15) is 5.26 Å². The Bertz CT molecular complexity index is 385. The molecule has 0 aliphatic carbocycles. The molecule has 1 N–H and O–H groups in total. The molecule has 80 valence electrons. The van der Waals surface area contributed by atoms with Gasteiger partial charge in [0.1, 0.15) is 5.76 Å². The van der Waals surface area contributed by atoms with Crippen LogP contribution in [0.15, 0.2) is 9.52 Å². The van der Waals surface area contributed by atoms with Crippen LogP contribution in [0, 0.1) is 25.3 Å². The molecular weight excluding hydrogens is 212 g/mol. The van der Waals surface area contributed by atoms with Crippen molar-refractivity contribution in [3.05, 3.63) is 17.0 Å². The first-order valence-electron chi connectivity index (χ1n) is 4.34. The van der Waals surface area contributed by atoms with Gasteiger partial charge in [0.05, 0.1) is 12.2 Å². The maximum Gasteiger partial charge on any atom is 0.183 e. The maximum atomic E-state index is 8.45. The van der Waals surface area contributed by atoms with Crippen LogP contribution in [0.2, 0.25) is 0 Å². The van der Waals surface area contributed by atoms with E-state index in [1.165, 1.54) is 11.8 Å². The number of nitriles is 1. The second-order valence-corrected chi connectivity index (χ2v) is 3.66. The van der Waals surface area contributed by atoms with Crippen LogP contribution in [0.5, 0.6) is 0 Å². The van der Waals surface area contributed by atoms with Crippen LogP contribution >= 0.6 is 11.8 Å². The molecule has 0 fully saturated rings. The number of hydrogen-bond donors (Lipinski definition) is 1. The number of aromatic nitrogens is 1. The standard InChI is InChI=1S/C9H12N4OS/c1-6-8(7(2)14-13-6)4-11-9(15-3)12-5-10/h4H2,1-3H3,(H,11,12). The van der Waals surface area contributed by atoms with Crippen LogP contribution in [0.25, 0.3) is 0 Å². The van der Waals surface area contributed by atoms with Crippen molar-refractivity contribution >= 4 is 16.9 Å². The first kappa shape index (κ1) is 11.6. The fraction of sp³-hybridized carbons (Fsp3) is 0.444. The van der Waals surface area contributed by atoms with Gasteiger partial charge in [-0.3, -0.25) is 10.3 Å². The second kappa shape index (κ2) is 5.41. The van der Waals surface area contributed by atoms with Crippen molar-refractivity contribution < 1.29 is 4.52 Å². The van der Waals surface area contributed by atoms with Crippen molar-refractivity contribution in [1.29, 1.82) is 5.26 Å². The fourth-order valence-corrected chi connectivity index (χ4v) is 1.42. The highest BCUT2D eigenvalue weighted by atomic mass is 32.2. The number of nitrogens with zero attached hydrogens (tertiary/aromatic N) is 3. The SMILES string of the molecule is CSC(=NCc1c(C)noc1C)NC#N. The molecule has 1 heterocycles. The Hall–Kier alpha value is -1.48. The summed E-state index contributed by atoms with van der Waals surface area (Å²) in [4.78, 5) is 4.24. The summed E-state index contributed by atoms with van der Waals surface area (Å²) in [5.74, 6) is 0.772. The summed E-state index contributed by atoms with van der Waals surface area (Å²) < 4.78 is 5.01. The summed E-state index contributed by atoms with van der Waals surface area (Å²) >= 11 is 1.39. The minimum Gasteiger partial charge on any atom is -0.361 e. The Morgan fingerprint density at radius 3 is 2.87 bits per heavy atom. The van der Waals surface area contributed by atoms with E-state index >= 15 is 0 Å². The number of thioether (sulfide) groups is 1. The summed E-state index contributed by atoms with van der Waals surface area (Å²) in [6, 6.07) is 0. The van der Waals surface area contributed by atoms with Crippen molar-refractivity contribution in [3.8, 4) is 6.19 Å². The van der Waals surface area contributed by atoms with E-state index in [0.29, 0.717) is 11.7 Å². The molecule has 0 amide bonds. The van der Waals surface area contributed by atoms with Crippen LogP contribution in [-0.2, 0) is 6.54 Å². The minimum absolute atomic E-state index is 0.478. The average Bonchev–Trinajstić information content (AvgIpc) is 2.54. The quantitative estimate of drug-likeness (QED) is 0.357. The third-order valence-electron chi connectivity index (χ3n) is 1.92. The van der Waals surface area contributed by atoms with Gasteiger partial charge in [-0.25, -0.2) is 0 Å². The van der Waals surface area contributed by atoms with Gasteiger partial charge in [0.15, 0.2) is 11.4 Å². The Morgan fingerprint density at radius 1 is 1.67 bits per heavy atom. The zero-order valence-corrected chi connectivity index (χ0v) is 9.68. The van der Waals surface area contributed by atoms with Gasteiger partial charge in [-0.1, -0.05) is 16.9 Å². The van der Waals surface area contributed by atoms with Gasteiger partial charge in [0.25, 0.3) is 0 Å². The van der Waals surface area contributed by atoms with Crippen molar-refractivity contribution in [3.63, 3.8) is 0 Å². The van der Waals surface area contributed by atoms with Gasteiger partial charge in [-0.05, 0) is 20.1 Å². The van der Waals surface area contributed by atoms with Crippen LogP contribution in [-0.4, -0.2) is 16.6 Å². The zero-order valence-electron chi connectivity index (χ0n) is 8.87. The molecule has 1 aromatic heterocycles. The number of nitrogens with one attached hydrogen (secondary N) is 1. The normalized spacial score (nSPS) is 11.2. The lowest BCUT2D eigenvalue weighted by Gasteiger charge is -1.99. The number of aryl methyl sites for hydroxylation is 2. The Morgan fingerprint density at radius 2 is 2.40 bits per heavy atom. The van der Waals surface area contributed by atoms with Crippen LogP contribution in [0.4, 0.5) is 0 Å². The Kier molecular flexibility index (Phi) is 4.18. The topological polar surface area (TPSA) is 74.2 Å². The summed E-state index contributed by atoms with van der Waals surface area (Å²) in [7, 11) is 0. The number of aliphatic imine (C=N–C) groups is 1. The van der Waals surface area contributed by atoms with Gasteiger partial charge >= 0.3 is 0 Å². The third kappa shape index (κ3) is 2.99. The van der Waals surface area contributed by atoms with Crippen LogP contribution < -0.4 is 5.32 Å². The summed E-state index contributed by atoms with van der Waals surface area (Å²) in [6.45, 7) is 4.20. The molecule has 0 atom stereocenters. The van der Waals surface area contributed by atoms with Gasteiger partial charge in [0.2, 0.25) is 0 Å². The molecule has 5 nitrogen and oxygen atoms in total. The first-order valence-corrected chi connectivity index (χ1v) is 5.56. The van der Waals surface area contributed by atoms with E-state index in [4.69, 9.17) is 9.78 Å². The monoisotopic (exact) mass is 224 g/mol. The minimum atomic E-state index is 0.478. The molecule has 0 bridgehead atoms. The van der Waals surface area contributed by atoms with E-state index in [0.717, 1.165) is 17.0 Å². The zero-order chi connectivity index (χ0) is 11.3. The van der Waals surface area contributed by atoms with Crippen LogP contribution in [0.3, 0.4) is 0 Å². The van der Waals surface area contributed by atoms with Crippen molar-refractivity contribution in [2.24, 2.45) is 4.99 Å². The van der Waals surface area contributed by atoms with E-state index in [-0.39, 0.29) is 0 Å². The lowest BCUT2D eigenvalue weighted by atomic mass is 10.2. The summed E-state index contributed by atoms with van der Waals surface area (Å²) in [6.07, 6.45) is 3.70. The molecule has 0 saturated heterocycles. The Balaban J connectivity index is 2.74. The van der Waals surface area contributed by atoms with E-state index in [9.17, 15) is 0 Å². The predicted molar refractivity (Wildman–Crippen MR) is 59.4 cm³/mol. The molecule has 0 aliphatic rings. The lowest BCUT2D eigenvalue weighted by molar-refractivity contribution is 0.392. The fourth-order valence-electron chi connectivity index (χ4n) is 1.08. The van der Waals surface area contributed by atoms with E-state index in [2.05, 4.69) is 15.5 Å². The van der Waals surface area contributed by atoms with Crippen molar-refractivity contribution in [2.75, 3.05) is 6.26 Å². The van der Waals surface area contributed by atoms with Crippen LogP contribution in [0.1, 0.15) is 17.0 Å². The molecular formula is C9H12N4OS. The largest absolute Gasteiger partial charge is 0.361 e.